The lowest BCUT2D eigenvalue weighted by Crippen LogP contribution is -2.23. The third kappa shape index (κ3) is 3.65. The van der Waals surface area contributed by atoms with E-state index >= 15 is 0 Å². The molecule has 0 unspecified atom stereocenters. The average molecular weight is 373 g/mol. The van der Waals surface area contributed by atoms with Gasteiger partial charge in [-0.1, -0.05) is 0 Å². The Morgan fingerprint density at radius 2 is 1.48 bits per heavy atom. The number of fused-ring (bicyclic) bond motifs is 1. The first-order chi connectivity index (χ1) is 11.8. The molecule has 0 saturated heterocycles. The number of ether oxygens (including phenoxy) is 2. The van der Waals surface area contributed by atoms with E-state index in [1.54, 1.807) is 18.2 Å². The third-order valence-electron chi connectivity index (χ3n) is 3.51. The zero-order valence-electron chi connectivity index (χ0n) is 12.8. The fraction of sp³-hybridized carbons (Fsp3) is 0.250. The van der Waals surface area contributed by atoms with Gasteiger partial charge in [0.25, 0.3) is 9.84 Å². The summed E-state index contributed by atoms with van der Waals surface area (Å²) in [7, 11) is -5.35. The van der Waals surface area contributed by atoms with Crippen LogP contribution in [0, 0.1) is 0 Å². The van der Waals surface area contributed by atoms with Crippen molar-refractivity contribution < 1.29 is 31.1 Å². The second kappa shape index (κ2) is 6.47. The number of benzene rings is 2. The van der Waals surface area contributed by atoms with Gasteiger partial charge >= 0.3 is 5.51 Å². The van der Waals surface area contributed by atoms with Gasteiger partial charge in [0.05, 0.1) is 18.1 Å². The molecule has 25 heavy (non-hydrogen) atoms. The van der Waals surface area contributed by atoms with E-state index in [4.69, 9.17) is 9.47 Å². The predicted molar refractivity (Wildman–Crippen MR) is 85.0 cm³/mol. The molecule has 1 aliphatic rings. The summed E-state index contributed by atoms with van der Waals surface area (Å²) in [5.41, 5.74) is -4.25. The Morgan fingerprint density at radius 3 is 2.12 bits per heavy atom. The molecule has 0 aliphatic carbocycles. The molecule has 0 fully saturated rings. The highest BCUT2D eigenvalue weighted by Gasteiger charge is 2.46. The lowest BCUT2D eigenvalue weighted by Gasteiger charge is -2.12. The third-order valence-corrected chi connectivity index (χ3v) is 5.01. The van der Waals surface area contributed by atoms with Crippen molar-refractivity contribution in [2.75, 3.05) is 18.5 Å². The van der Waals surface area contributed by atoms with Crippen molar-refractivity contribution in [3.63, 3.8) is 0 Å². The Bertz CT molecular complexity index is 864. The molecule has 0 aromatic heterocycles. The van der Waals surface area contributed by atoms with E-state index in [1.165, 1.54) is 12.1 Å². The first-order valence-corrected chi connectivity index (χ1v) is 8.84. The van der Waals surface area contributed by atoms with Crippen LogP contribution in [0.25, 0.3) is 0 Å². The molecule has 134 valence electrons. The van der Waals surface area contributed by atoms with E-state index < -0.39 is 20.2 Å². The summed E-state index contributed by atoms with van der Waals surface area (Å²) < 4.78 is 71.3. The number of rotatable bonds is 3. The fourth-order valence-electron chi connectivity index (χ4n) is 2.26. The molecule has 1 N–H and O–H groups in total. The number of alkyl halides is 3. The number of anilines is 2. The van der Waals surface area contributed by atoms with Crippen molar-refractivity contribution >= 4 is 21.2 Å². The topological polar surface area (TPSA) is 64.6 Å². The number of halogens is 3. The van der Waals surface area contributed by atoms with Gasteiger partial charge in [0.2, 0.25) is 0 Å². The van der Waals surface area contributed by atoms with Crippen LogP contribution < -0.4 is 14.8 Å². The van der Waals surface area contributed by atoms with Crippen LogP contribution in [0.15, 0.2) is 47.4 Å². The maximum absolute atomic E-state index is 12.5. The maximum atomic E-state index is 12.5. The minimum atomic E-state index is -5.35. The van der Waals surface area contributed by atoms with Gasteiger partial charge in [-0.2, -0.15) is 13.2 Å². The van der Waals surface area contributed by atoms with Crippen LogP contribution in [0.5, 0.6) is 11.5 Å². The largest absolute Gasteiger partial charge is 0.501 e. The molecule has 3 rings (SSSR count). The Labute approximate surface area is 142 Å². The van der Waals surface area contributed by atoms with Crippen LogP contribution in [0.3, 0.4) is 0 Å². The quantitative estimate of drug-likeness (QED) is 0.884. The van der Waals surface area contributed by atoms with Gasteiger partial charge in [0, 0.05) is 23.9 Å². The van der Waals surface area contributed by atoms with Crippen LogP contribution >= 0.6 is 0 Å². The molecule has 0 amide bonds. The van der Waals surface area contributed by atoms with Crippen LogP contribution in [-0.4, -0.2) is 27.1 Å². The summed E-state index contributed by atoms with van der Waals surface area (Å²) >= 11 is 0. The first kappa shape index (κ1) is 17.4. The SMILES string of the molecule is O=S(=O)(c1ccc(Nc2ccc3c(c2)OCCCO3)cc1)C(F)(F)F. The fourth-order valence-corrected chi connectivity index (χ4v) is 3.02. The summed E-state index contributed by atoms with van der Waals surface area (Å²) in [6, 6.07) is 9.52. The number of nitrogens with one attached hydrogen (secondary N) is 1. The Balaban J connectivity index is 1.79. The maximum Gasteiger partial charge on any atom is 0.501 e. The van der Waals surface area contributed by atoms with Gasteiger partial charge in [-0.3, -0.25) is 0 Å². The summed E-state index contributed by atoms with van der Waals surface area (Å²) in [6.45, 7) is 1.09. The van der Waals surface area contributed by atoms with E-state index in [0.29, 0.717) is 36.1 Å². The van der Waals surface area contributed by atoms with Crippen LogP contribution in [0.1, 0.15) is 6.42 Å². The predicted octanol–water partition coefficient (Wildman–Crippen LogP) is 3.89. The van der Waals surface area contributed by atoms with E-state index in [1.807, 2.05) is 0 Å². The molecule has 0 radical (unpaired) electrons. The molecule has 0 spiro atoms. The van der Waals surface area contributed by atoms with Crippen molar-refractivity contribution in [1.82, 2.24) is 0 Å². The minimum Gasteiger partial charge on any atom is -0.490 e. The zero-order chi connectivity index (χ0) is 18.1. The van der Waals surface area contributed by atoms with E-state index in [-0.39, 0.29) is 0 Å². The normalized spacial score (nSPS) is 14.7. The van der Waals surface area contributed by atoms with Crippen molar-refractivity contribution in [2.45, 2.75) is 16.8 Å². The minimum absolute atomic E-state index is 0.440. The average Bonchev–Trinajstić information content (AvgIpc) is 2.79. The van der Waals surface area contributed by atoms with Crippen LogP contribution in [0.4, 0.5) is 24.5 Å². The molecular weight excluding hydrogens is 359 g/mol. The molecule has 0 bridgehead atoms. The van der Waals surface area contributed by atoms with Gasteiger partial charge in [-0.05, 0) is 36.4 Å². The highest BCUT2D eigenvalue weighted by atomic mass is 32.2. The van der Waals surface area contributed by atoms with Crippen molar-refractivity contribution in [2.24, 2.45) is 0 Å². The Hall–Kier alpha value is -2.42. The summed E-state index contributed by atoms with van der Waals surface area (Å²) in [4.78, 5) is -0.802. The Morgan fingerprint density at radius 1 is 0.880 bits per heavy atom. The molecule has 5 nitrogen and oxygen atoms in total. The number of hydrogen-bond donors (Lipinski definition) is 1. The molecule has 2 aromatic rings. The van der Waals surface area contributed by atoms with Gasteiger partial charge in [0.15, 0.2) is 11.5 Å². The molecule has 1 aliphatic heterocycles. The van der Waals surface area contributed by atoms with Gasteiger partial charge in [-0.15, -0.1) is 0 Å². The molecule has 9 heteroatoms. The van der Waals surface area contributed by atoms with Crippen molar-refractivity contribution in [1.29, 1.82) is 0 Å². The van der Waals surface area contributed by atoms with E-state index in [0.717, 1.165) is 18.6 Å². The van der Waals surface area contributed by atoms with Crippen LogP contribution in [-0.2, 0) is 9.84 Å². The summed E-state index contributed by atoms with van der Waals surface area (Å²) in [5.74, 6) is 1.19. The molecule has 2 aromatic carbocycles. The monoisotopic (exact) mass is 373 g/mol. The second-order valence-electron chi connectivity index (χ2n) is 5.31. The molecular formula is C16H14F3NO4S. The standard InChI is InChI=1S/C16H14F3NO4S/c17-16(18,19)25(21,22)13-5-2-11(3-6-13)20-12-4-7-14-15(10-12)24-9-1-8-23-14/h2-7,10,20H,1,8-9H2. The van der Waals surface area contributed by atoms with Crippen molar-refractivity contribution in [3.05, 3.63) is 42.5 Å². The Kier molecular flexibility index (Phi) is 4.51. The molecule has 0 atom stereocenters. The van der Waals surface area contributed by atoms with Crippen molar-refractivity contribution in [3.8, 4) is 11.5 Å². The van der Waals surface area contributed by atoms with Gasteiger partial charge < -0.3 is 14.8 Å². The van der Waals surface area contributed by atoms with Gasteiger partial charge in [0.1, 0.15) is 0 Å². The smallest absolute Gasteiger partial charge is 0.490 e. The van der Waals surface area contributed by atoms with Crippen LogP contribution in [0.2, 0.25) is 0 Å². The van der Waals surface area contributed by atoms with E-state index in [9.17, 15) is 21.6 Å². The molecule has 1 heterocycles. The number of hydrogen-bond acceptors (Lipinski definition) is 5. The summed E-state index contributed by atoms with van der Waals surface area (Å²) in [6.07, 6.45) is 0.770. The lowest BCUT2D eigenvalue weighted by atomic mass is 10.2. The molecule has 0 saturated carbocycles. The highest BCUT2D eigenvalue weighted by molar-refractivity contribution is 7.92. The van der Waals surface area contributed by atoms with Gasteiger partial charge in [-0.25, -0.2) is 8.42 Å². The lowest BCUT2D eigenvalue weighted by molar-refractivity contribution is -0.0436. The zero-order valence-corrected chi connectivity index (χ0v) is 13.7. The second-order valence-corrected chi connectivity index (χ2v) is 7.25. The number of sulfone groups is 1. The van der Waals surface area contributed by atoms with E-state index in [2.05, 4.69) is 5.32 Å². The first-order valence-electron chi connectivity index (χ1n) is 7.35. The highest BCUT2D eigenvalue weighted by Crippen LogP contribution is 2.34. The summed E-state index contributed by atoms with van der Waals surface area (Å²) in [5, 5.41) is 2.98.